The summed E-state index contributed by atoms with van der Waals surface area (Å²) < 4.78 is 45.3. The molecule has 1 aliphatic rings. The van der Waals surface area contributed by atoms with Crippen LogP contribution in [0.5, 0.6) is 0 Å². The average Bonchev–Trinajstić information content (AvgIpc) is 3.38. The predicted octanol–water partition coefficient (Wildman–Crippen LogP) is 5.50. The summed E-state index contributed by atoms with van der Waals surface area (Å²) in [5.41, 5.74) is 6.38. The molecular weight excluding hydrogens is 497 g/mol. The third kappa shape index (κ3) is 6.69. The van der Waals surface area contributed by atoms with E-state index in [4.69, 9.17) is 10.5 Å². The molecule has 7 nitrogen and oxygen atoms in total. The van der Waals surface area contributed by atoms with Gasteiger partial charge in [-0.15, -0.1) is 0 Å². The Labute approximate surface area is 218 Å². The van der Waals surface area contributed by atoms with Crippen molar-refractivity contribution >= 4 is 28.8 Å². The fourth-order valence-corrected chi connectivity index (χ4v) is 4.51. The van der Waals surface area contributed by atoms with Gasteiger partial charge >= 0.3 is 6.18 Å². The lowest BCUT2D eigenvalue weighted by Gasteiger charge is -2.26. The minimum Gasteiger partial charge on any atom is -0.397 e. The minimum absolute atomic E-state index is 0.0327. The van der Waals surface area contributed by atoms with E-state index in [1.54, 1.807) is 30.3 Å². The number of hydrogen-bond donors (Lipinski definition) is 3. The van der Waals surface area contributed by atoms with E-state index in [1.165, 1.54) is 30.6 Å². The number of nitrogens with one attached hydrogen (secondary N) is 2. The molecule has 1 saturated heterocycles. The summed E-state index contributed by atoms with van der Waals surface area (Å²) in [5, 5.41) is 5.76. The molecule has 2 heterocycles. The van der Waals surface area contributed by atoms with E-state index in [9.17, 15) is 22.8 Å². The number of carbonyl (C=O) groups excluding carboxylic acids is 2. The van der Waals surface area contributed by atoms with Crippen LogP contribution in [0.15, 0.2) is 67.0 Å². The number of nitrogens with zero attached hydrogens (tertiary/aromatic N) is 1. The number of aromatic nitrogens is 1. The largest absolute Gasteiger partial charge is 0.418 e. The first-order valence-electron chi connectivity index (χ1n) is 12.3. The Balaban J connectivity index is 1.31. The maximum absolute atomic E-state index is 13.2. The first kappa shape index (κ1) is 27.1. The molecule has 1 amide bonds. The number of nitrogen functional groups attached to an aromatic ring is 1. The van der Waals surface area contributed by atoms with Gasteiger partial charge in [-0.05, 0) is 55.2 Å². The van der Waals surface area contributed by atoms with Crippen molar-refractivity contribution in [1.29, 1.82) is 0 Å². The van der Waals surface area contributed by atoms with Crippen LogP contribution in [0.25, 0.3) is 0 Å². The quantitative estimate of drug-likeness (QED) is 0.301. The van der Waals surface area contributed by atoms with Gasteiger partial charge in [0.2, 0.25) is 5.91 Å². The molecule has 0 aliphatic carbocycles. The van der Waals surface area contributed by atoms with Crippen molar-refractivity contribution in [3.05, 3.63) is 83.7 Å². The highest BCUT2D eigenvalue weighted by atomic mass is 19.4. The number of rotatable bonds is 10. The van der Waals surface area contributed by atoms with E-state index >= 15 is 0 Å². The molecule has 1 aromatic heterocycles. The van der Waals surface area contributed by atoms with Crippen molar-refractivity contribution < 1.29 is 27.5 Å². The first-order valence-corrected chi connectivity index (χ1v) is 12.3. The van der Waals surface area contributed by atoms with Gasteiger partial charge in [-0.2, -0.15) is 13.2 Å². The number of pyridine rings is 1. The second-order valence-electron chi connectivity index (χ2n) is 9.41. The van der Waals surface area contributed by atoms with E-state index in [-0.39, 0.29) is 37.0 Å². The second kappa shape index (κ2) is 11.6. The fourth-order valence-electron chi connectivity index (χ4n) is 4.51. The van der Waals surface area contributed by atoms with E-state index in [0.29, 0.717) is 42.8 Å². The molecule has 4 rings (SSSR count). The molecule has 0 saturated carbocycles. The number of anilines is 3. The van der Waals surface area contributed by atoms with Crippen LogP contribution in [0, 0.1) is 5.41 Å². The van der Waals surface area contributed by atoms with Gasteiger partial charge in [-0.3, -0.25) is 14.6 Å². The van der Waals surface area contributed by atoms with Gasteiger partial charge in [-0.1, -0.05) is 24.3 Å². The van der Waals surface area contributed by atoms with Crippen molar-refractivity contribution in [3.8, 4) is 0 Å². The number of alkyl halides is 3. The number of ether oxygens (including phenoxy) is 1. The van der Waals surface area contributed by atoms with Crippen LogP contribution in [0.4, 0.5) is 30.2 Å². The van der Waals surface area contributed by atoms with Gasteiger partial charge in [0.05, 0.1) is 29.0 Å². The number of nitrogens with two attached hydrogens (primary N) is 1. The fraction of sp³-hybridized carbons (Fsp3) is 0.321. The van der Waals surface area contributed by atoms with Crippen molar-refractivity contribution in [3.63, 3.8) is 0 Å². The molecule has 3 aromatic rings. The second-order valence-corrected chi connectivity index (χ2v) is 9.41. The normalized spacial score (nSPS) is 17.2. The summed E-state index contributed by atoms with van der Waals surface area (Å²) in [6, 6.07) is 13.7. The third-order valence-electron chi connectivity index (χ3n) is 6.64. The van der Waals surface area contributed by atoms with Crippen LogP contribution < -0.4 is 16.4 Å². The Morgan fingerprint density at radius 1 is 1.08 bits per heavy atom. The summed E-state index contributed by atoms with van der Waals surface area (Å²) in [4.78, 5) is 29.6. The highest BCUT2D eigenvalue weighted by Gasteiger charge is 2.41. The lowest BCUT2D eigenvalue weighted by atomic mass is 9.80. The molecule has 1 atom stereocenters. The topological polar surface area (TPSA) is 106 Å². The number of benzene rings is 2. The highest BCUT2D eigenvalue weighted by Crippen LogP contribution is 2.36. The van der Waals surface area contributed by atoms with Gasteiger partial charge in [0.1, 0.15) is 0 Å². The summed E-state index contributed by atoms with van der Waals surface area (Å²) in [6.07, 6.45) is 0.346. The van der Waals surface area contributed by atoms with Crippen LogP contribution >= 0.6 is 0 Å². The Kier molecular flexibility index (Phi) is 8.31. The van der Waals surface area contributed by atoms with Crippen molar-refractivity contribution in [2.45, 2.75) is 38.4 Å². The van der Waals surface area contributed by atoms with Crippen molar-refractivity contribution in [2.75, 3.05) is 24.3 Å². The van der Waals surface area contributed by atoms with Crippen LogP contribution in [0.2, 0.25) is 0 Å². The molecule has 1 fully saturated rings. The summed E-state index contributed by atoms with van der Waals surface area (Å²) in [7, 11) is 0. The number of para-hydroxylation sites is 1. The SMILES string of the molecule is Nc1cncc(C(=O)CCCC2(C(=O)NCc3ccc(Nc4ccccc4C(F)(F)F)cc3)CCOC2)c1. The molecule has 1 aliphatic heterocycles. The Bertz CT molecular complexity index is 1270. The monoisotopic (exact) mass is 526 g/mol. The maximum Gasteiger partial charge on any atom is 0.418 e. The Morgan fingerprint density at radius 2 is 1.84 bits per heavy atom. The van der Waals surface area contributed by atoms with E-state index < -0.39 is 17.2 Å². The molecule has 0 spiro atoms. The molecule has 2 aromatic carbocycles. The molecule has 10 heteroatoms. The lowest BCUT2D eigenvalue weighted by Crippen LogP contribution is -2.41. The summed E-state index contributed by atoms with van der Waals surface area (Å²) >= 11 is 0. The first-order chi connectivity index (χ1) is 18.2. The number of carbonyl (C=O) groups is 2. The van der Waals surface area contributed by atoms with Gasteiger partial charge in [0.15, 0.2) is 5.78 Å². The zero-order valence-corrected chi connectivity index (χ0v) is 20.7. The molecule has 0 radical (unpaired) electrons. The zero-order chi connectivity index (χ0) is 27.2. The molecule has 1 unspecified atom stereocenters. The number of halogens is 3. The number of amides is 1. The van der Waals surface area contributed by atoms with Gasteiger partial charge in [0.25, 0.3) is 0 Å². The zero-order valence-electron chi connectivity index (χ0n) is 20.7. The standard InChI is InChI=1S/C28H29F3N4O3/c29-28(30,31)23-4-1-2-5-24(23)35-22-9-7-19(8-10-22)15-34-26(37)27(12-13-38-18-27)11-3-6-25(36)20-14-21(32)17-33-16-20/h1-2,4-5,7-10,14,16-17,35H,3,6,11-13,15,18,32H2,(H,34,37). The highest BCUT2D eigenvalue weighted by molar-refractivity contribution is 5.96. The van der Waals surface area contributed by atoms with E-state index in [2.05, 4.69) is 15.6 Å². The molecule has 4 N–H and O–H groups in total. The van der Waals surface area contributed by atoms with Crippen molar-refractivity contribution in [1.82, 2.24) is 10.3 Å². The molecule has 200 valence electrons. The van der Waals surface area contributed by atoms with Crippen LogP contribution in [0.3, 0.4) is 0 Å². The third-order valence-corrected chi connectivity index (χ3v) is 6.64. The Morgan fingerprint density at radius 3 is 2.53 bits per heavy atom. The number of ketones is 1. The Hall–Kier alpha value is -3.92. The molecular formula is C28H29F3N4O3. The van der Waals surface area contributed by atoms with Crippen molar-refractivity contribution in [2.24, 2.45) is 5.41 Å². The summed E-state index contributed by atoms with van der Waals surface area (Å²) in [6.45, 7) is 1.02. The molecule has 0 bridgehead atoms. The summed E-state index contributed by atoms with van der Waals surface area (Å²) in [5.74, 6) is -0.222. The average molecular weight is 527 g/mol. The van der Waals surface area contributed by atoms with Crippen LogP contribution in [-0.4, -0.2) is 29.9 Å². The minimum atomic E-state index is -4.46. The van der Waals surface area contributed by atoms with Gasteiger partial charge < -0.3 is 21.1 Å². The van der Waals surface area contributed by atoms with Crippen LogP contribution in [-0.2, 0) is 22.3 Å². The van der Waals surface area contributed by atoms with Gasteiger partial charge in [-0.25, -0.2) is 0 Å². The van der Waals surface area contributed by atoms with Gasteiger partial charge in [0, 0.05) is 43.2 Å². The van der Waals surface area contributed by atoms with E-state index in [0.717, 1.165) is 11.6 Å². The molecule has 38 heavy (non-hydrogen) atoms. The number of hydrogen-bond acceptors (Lipinski definition) is 6. The predicted molar refractivity (Wildman–Crippen MR) is 138 cm³/mol. The smallest absolute Gasteiger partial charge is 0.397 e. The lowest BCUT2D eigenvalue weighted by molar-refractivity contribution is -0.137. The van der Waals surface area contributed by atoms with Crippen LogP contribution in [0.1, 0.15) is 47.2 Å². The number of Topliss-reactive ketones (excluding diaryl/α,β-unsaturated/α-hetero) is 1. The maximum atomic E-state index is 13.2. The van der Waals surface area contributed by atoms with E-state index in [1.807, 2.05) is 0 Å².